The predicted octanol–water partition coefficient (Wildman–Crippen LogP) is 4.15. The van der Waals surface area contributed by atoms with Crippen LogP contribution in [0.1, 0.15) is 24.2 Å². The number of benzene rings is 2. The van der Waals surface area contributed by atoms with Crippen LogP contribution >= 0.6 is 0 Å². The van der Waals surface area contributed by atoms with E-state index in [-0.39, 0.29) is 23.7 Å². The molecular weight excluding hydrogens is 398 g/mol. The Hall–Kier alpha value is -3.30. The van der Waals surface area contributed by atoms with Crippen molar-refractivity contribution in [1.82, 2.24) is 0 Å². The SMILES string of the molecule is CCOc1cc(C(=O)O[C@@H](C)C(=O)Nc2cc(F)ccc2F)ccc1OC(F)F. The first-order valence-corrected chi connectivity index (χ1v) is 8.39. The molecule has 0 radical (unpaired) electrons. The smallest absolute Gasteiger partial charge is 0.387 e. The van der Waals surface area contributed by atoms with Gasteiger partial charge in [-0.15, -0.1) is 0 Å². The molecule has 0 bridgehead atoms. The van der Waals surface area contributed by atoms with E-state index in [1.807, 2.05) is 0 Å². The molecule has 0 aliphatic heterocycles. The summed E-state index contributed by atoms with van der Waals surface area (Å²) in [5.74, 6) is -3.87. The molecule has 0 saturated heterocycles. The number of alkyl halides is 2. The number of carbonyl (C=O) groups excluding carboxylic acids is 2. The van der Waals surface area contributed by atoms with Crippen LogP contribution in [0.4, 0.5) is 23.2 Å². The van der Waals surface area contributed by atoms with Crippen molar-refractivity contribution in [3.8, 4) is 11.5 Å². The summed E-state index contributed by atoms with van der Waals surface area (Å²) in [4.78, 5) is 24.3. The van der Waals surface area contributed by atoms with E-state index < -0.39 is 41.9 Å². The van der Waals surface area contributed by atoms with E-state index >= 15 is 0 Å². The summed E-state index contributed by atoms with van der Waals surface area (Å²) in [6, 6.07) is 5.87. The Labute approximate surface area is 163 Å². The first-order valence-electron chi connectivity index (χ1n) is 8.39. The molecule has 156 valence electrons. The largest absolute Gasteiger partial charge is 0.490 e. The molecule has 0 aliphatic rings. The van der Waals surface area contributed by atoms with Gasteiger partial charge in [-0.2, -0.15) is 8.78 Å². The lowest BCUT2D eigenvalue weighted by Gasteiger charge is -2.15. The van der Waals surface area contributed by atoms with Gasteiger partial charge >= 0.3 is 12.6 Å². The molecule has 0 spiro atoms. The van der Waals surface area contributed by atoms with Crippen molar-refractivity contribution in [1.29, 1.82) is 0 Å². The van der Waals surface area contributed by atoms with Gasteiger partial charge in [0.25, 0.3) is 5.91 Å². The van der Waals surface area contributed by atoms with Crippen molar-refractivity contribution in [2.75, 3.05) is 11.9 Å². The summed E-state index contributed by atoms with van der Waals surface area (Å²) >= 11 is 0. The van der Waals surface area contributed by atoms with Crippen LogP contribution < -0.4 is 14.8 Å². The lowest BCUT2D eigenvalue weighted by atomic mass is 10.2. The molecule has 0 unspecified atom stereocenters. The molecule has 1 amide bonds. The molecule has 0 saturated carbocycles. The molecule has 6 nitrogen and oxygen atoms in total. The fourth-order valence-corrected chi connectivity index (χ4v) is 2.21. The van der Waals surface area contributed by atoms with Crippen molar-refractivity contribution in [2.24, 2.45) is 0 Å². The van der Waals surface area contributed by atoms with Crippen molar-refractivity contribution in [2.45, 2.75) is 26.6 Å². The zero-order valence-corrected chi connectivity index (χ0v) is 15.4. The first kappa shape index (κ1) is 22.0. The van der Waals surface area contributed by atoms with Gasteiger partial charge in [0.1, 0.15) is 11.6 Å². The maximum Gasteiger partial charge on any atom is 0.387 e. The number of halogens is 4. The standard InChI is InChI=1S/C19H17F4NO5/c1-3-27-16-8-11(4-7-15(16)29-19(22)23)18(26)28-10(2)17(25)24-14-9-12(20)5-6-13(14)21/h4-10,19H,3H2,1-2H3,(H,24,25)/t10-/m0/s1. The van der Waals surface area contributed by atoms with Crippen LogP contribution in [0.15, 0.2) is 36.4 Å². The van der Waals surface area contributed by atoms with Gasteiger partial charge in [0.15, 0.2) is 17.6 Å². The van der Waals surface area contributed by atoms with E-state index in [2.05, 4.69) is 10.1 Å². The second-order valence-electron chi connectivity index (χ2n) is 5.63. The molecule has 0 fully saturated rings. The van der Waals surface area contributed by atoms with Crippen LogP contribution in [0.25, 0.3) is 0 Å². The third kappa shape index (κ3) is 6.09. The Morgan fingerprint density at radius 2 is 1.79 bits per heavy atom. The second-order valence-corrected chi connectivity index (χ2v) is 5.63. The molecule has 10 heteroatoms. The van der Waals surface area contributed by atoms with Gasteiger partial charge in [0, 0.05) is 6.07 Å². The van der Waals surface area contributed by atoms with Gasteiger partial charge < -0.3 is 19.5 Å². The Kier molecular flexibility index (Phi) is 7.40. The molecule has 0 heterocycles. The van der Waals surface area contributed by atoms with E-state index in [4.69, 9.17) is 9.47 Å². The Balaban J connectivity index is 2.09. The monoisotopic (exact) mass is 415 g/mol. The summed E-state index contributed by atoms with van der Waals surface area (Å²) < 4.78 is 66.1. The van der Waals surface area contributed by atoms with Gasteiger partial charge in [-0.25, -0.2) is 13.6 Å². The quantitative estimate of drug-likeness (QED) is 0.518. The van der Waals surface area contributed by atoms with Crippen LogP contribution in [-0.2, 0) is 9.53 Å². The molecule has 1 N–H and O–H groups in total. The minimum absolute atomic E-state index is 0.0911. The number of nitrogens with one attached hydrogen (secondary N) is 1. The molecule has 2 aromatic rings. The summed E-state index contributed by atoms with van der Waals surface area (Å²) in [6.07, 6.45) is -1.36. The predicted molar refractivity (Wildman–Crippen MR) is 94.1 cm³/mol. The number of rotatable bonds is 8. The second kappa shape index (κ2) is 9.76. The number of anilines is 1. The Morgan fingerprint density at radius 1 is 1.07 bits per heavy atom. The van der Waals surface area contributed by atoms with Gasteiger partial charge in [-0.05, 0) is 44.2 Å². The van der Waals surface area contributed by atoms with Gasteiger partial charge in [-0.1, -0.05) is 0 Å². The maximum absolute atomic E-state index is 13.6. The molecular formula is C19H17F4NO5. The number of esters is 1. The maximum atomic E-state index is 13.6. The van der Waals surface area contributed by atoms with Crippen molar-refractivity contribution >= 4 is 17.6 Å². The zero-order valence-electron chi connectivity index (χ0n) is 15.4. The topological polar surface area (TPSA) is 73.9 Å². The van der Waals surface area contributed by atoms with Gasteiger partial charge in [0.05, 0.1) is 17.9 Å². The number of ether oxygens (including phenoxy) is 3. The first-order chi connectivity index (χ1) is 13.7. The third-order valence-corrected chi connectivity index (χ3v) is 3.53. The number of hydrogen-bond acceptors (Lipinski definition) is 5. The van der Waals surface area contributed by atoms with E-state index in [0.29, 0.717) is 0 Å². The highest BCUT2D eigenvalue weighted by molar-refractivity contribution is 5.97. The average molecular weight is 415 g/mol. The van der Waals surface area contributed by atoms with Crippen LogP contribution in [0.3, 0.4) is 0 Å². The molecule has 0 aromatic heterocycles. The fourth-order valence-electron chi connectivity index (χ4n) is 2.21. The van der Waals surface area contributed by atoms with Crippen LogP contribution in [-0.4, -0.2) is 31.2 Å². The number of carbonyl (C=O) groups is 2. The summed E-state index contributed by atoms with van der Waals surface area (Å²) in [5, 5.41) is 2.11. The number of hydrogen-bond donors (Lipinski definition) is 1. The molecule has 1 atom stereocenters. The highest BCUT2D eigenvalue weighted by Crippen LogP contribution is 2.30. The van der Waals surface area contributed by atoms with Gasteiger partial charge in [-0.3, -0.25) is 4.79 Å². The minimum Gasteiger partial charge on any atom is -0.490 e. The highest BCUT2D eigenvalue weighted by atomic mass is 19.3. The van der Waals surface area contributed by atoms with Crippen LogP contribution in [0.5, 0.6) is 11.5 Å². The van der Waals surface area contributed by atoms with Crippen molar-refractivity contribution in [3.05, 3.63) is 53.6 Å². The van der Waals surface area contributed by atoms with Crippen LogP contribution in [0.2, 0.25) is 0 Å². The summed E-state index contributed by atoms with van der Waals surface area (Å²) in [6.45, 7) is -0.133. The summed E-state index contributed by atoms with van der Waals surface area (Å²) in [7, 11) is 0. The number of amides is 1. The van der Waals surface area contributed by atoms with Crippen LogP contribution in [0, 0.1) is 11.6 Å². The van der Waals surface area contributed by atoms with Crippen molar-refractivity contribution in [3.63, 3.8) is 0 Å². The molecule has 2 rings (SSSR count). The minimum atomic E-state index is -3.08. The zero-order chi connectivity index (χ0) is 21.6. The Bertz CT molecular complexity index is 891. The van der Waals surface area contributed by atoms with E-state index in [0.717, 1.165) is 36.4 Å². The molecule has 0 aliphatic carbocycles. The van der Waals surface area contributed by atoms with E-state index in [1.54, 1.807) is 6.92 Å². The average Bonchev–Trinajstić information content (AvgIpc) is 2.65. The molecule has 2 aromatic carbocycles. The molecule has 29 heavy (non-hydrogen) atoms. The highest BCUT2D eigenvalue weighted by Gasteiger charge is 2.22. The lowest BCUT2D eigenvalue weighted by Crippen LogP contribution is -2.30. The van der Waals surface area contributed by atoms with E-state index in [9.17, 15) is 27.2 Å². The van der Waals surface area contributed by atoms with Crippen molar-refractivity contribution < 1.29 is 41.4 Å². The fraction of sp³-hybridized carbons (Fsp3) is 0.263. The van der Waals surface area contributed by atoms with E-state index in [1.165, 1.54) is 6.92 Å². The third-order valence-electron chi connectivity index (χ3n) is 3.53. The normalized spacial score (nSPS) is 11.7. The van der Waals surface area contributed by atoms with Gasteiger partial charge in [0.2, 0.25) is 0 Å². The Morgan fingerprint density at radius 3 is 2.45 bits per heavy atom. The summed E-state index contributed by atoms with van der Waals surface area (Å²) in [5.41, 5.74) is -0.503. The lowest BCUT2D eigenvalue weighted by molar-refractivity contribution is -0.123.